The van der Waals surface area contributed by atoms with Gasteiger partial charge in [-0.3, -0.25) is 4.79 Å². The Morgan fingerprint density at radius 2 is 1.88 bits per heavy atom. The van der Waals surface area contributed by atoms with Crippen molar-refractivity contribution in [3.05, 3.63) is 29.8 Å². The summed E-state index contributed by atoms with van der Waals surface area (Å²) in [7, 11) is 3.61. The quantitative estimate of drug-likeness (QED) is 0.364. The van der Waals surface area contributed by atoms with Crippen LogP contribution in [0.4, 0.5) is 0 Å². The Labute approximate surface area is 162 Å². The third-order valence-corrected chi connectivity index (χ3v) is 3.22. The van der Waals surface area contributed by atoms with E-state index in [1.807, 2.05) is 50.1 Å². The molecule has 7 heteroatoms. The van der Waals surface area contributed by atoms with Crippen LogP contribution in [-0.2, 0) is 11.3 Å². The number of nitrogens with one attached hydrogen (secondary N) is 2. The molecule has 1 aromatic rings. The summed E-state index contributed by atoms with van der Waals surface area (Å²) in [5.41, 5.74) is 1.15. The van der Waals surface area contributed by atoms with E-state index in [1.165, 1.54) is 0 Å². The first-order chi connectivity index (χ1) is 11.1. The van der Waals surface area contributed by atoms with Gasteiger partial charge in [0.25, 0.3) is 0 Å². The van der Waals surface area contributed by atoms with Crippen molar-refractivity contribution in [2.45, 2.75) is 26.8 Å². The molecule has 24 heavy (non-hydrogen) atoms. The van der Waals surface area contributed by atoms with Crippen LogP contribution >= 0.6 is 24.0 Å². The molecule has 6 nitrogen and oxygen atoms in total. The van der Waals surface area contributed by atoms with Gasteiger partial charge in [0.15, 0.2) is 5.96 Å². The van der Waals surface area contributed by atoms with Crippen molar-refractivity contribution in [1.82, 2.24) is 15.5 Å². The summed E-state index contributed by atoms with van der Waals surface area (Å²) >= 11 is 0. The van der Waals surface area contributed by atoms with E-state index >= 15 is 0 Å². The molecule has 0 atom stereocenters. The molecule has 0 aliphatic carbocycles. The Morgan fingerprint density at radius 1 is 1.21 bits per heavy atom. The van der Waals surface area contributed by atoms with Crippen molar-refractivity contribution in [1.29, 1.82) is 0 Å². The molecule has 0 saturated heterocycles. The van der Waals surface area contributed by atoms with E-state index in [4.69, 9.17) is 4.74 Å². The van der Waals surface area contributed by atoms with Gasteiger partial charge in [-0.1, -0.05) is 19.1 Å². The van der Waals surface area contributed by atoms with Gasteiger partial charge in [0.2, 0.25) is 5.91 Å². The number of guanidine groups is 1. The predicted molar refractivity (Wildman–Crippen MR) is 109 cm³/mol. The van der Waals surface area contributed by atoms with Gasteiger partial charge in [-0.15, -0.1) is 24.0 Å². The lowest BCUT2D eigenvalue weighted by Crippen LogP contribution is -2.39. The highest BCUT2D eigenvalue weighted by Gasteiger charge is 2.08. The molecular weight excluding hydrogens is 419 g/mol. The zero-order chi connectivity index (χ0) is 17.1. The second-order valence-corrected chi connectivity index (χ2v) is 5.22. The van der Waals surface area contributed by atoms with E-state index in [-0.39, 0.29) is 36.4 Å². The number of benzene rings is 1. The minimum atomic E-state index is -0.0555. The van der Waals surface area contributed by atoms with Crippen LogP contribution in [0.15, 0.2) is 29.3 Å². The maximum Gasteiger partial charge on any atom is 0.241 e. The number of halogens is 1. The number of nitrogens with zero attached hydrogens (tertiary/aromatic N) is 2. The number of ether oxygens (including phenoxy) is 1. The topological polar surface area (TPSA) is 66.0 Å². The molecule has 1 amide bonds. The second kappa shape index (κ2) is 12.9. The molecule has 0 aliphatic rings. The highest BCUT2D eigenvalue weighted by molar-refractivity contribution is 14.0. The summed E-state index contributed by atoms with van der Waals surface area (Å²) in [5, 5.41) is 6.03. The molecule has 1 aromatic carbocycles. The number of carbonyl (C=O) groups is 1. The smallest absolute Gasteiger partial charge is 0.241 e. The van der Waals surface area contributed by atoms with Gasteiger partial charge in [-0.25, -0.2) is 4.99 Å². The van der Waals surface area contributed by atoms with E-state index in [1.54, 1.807) is 7.11 Å². The Hall–Kier alpha value is -1.51. The van der Waals surface area contributed by atoms with Gasteiger partial charge in [-0.05, 0) is 31.0 Å². The Kier molecular flexibility index (Phi) is 12.0. The Balaban J connectivity index is 0.00000529. The molecule has 0 radical (unpaired) electrons. The van der Waals surface area contributed by atoms with Crippen LogP contribution in [0.1, 0.15) is 25.8 Å². The largest absolute Gasteiger partial charge is 0.497 e. The van der Waals surface area contributed by atoms with E-state index in [2.05, 4.69) is 15.6 Å². The molecule has 0 spiro atoms. The van der Waals surface area contributed by atoms with Crippen LogP contribution in [0.3, 0.4) is 0 Å². The van der Waals surface area contributed by atoms with Gasteiger partial charge in [0.1, 0.15) is 12.3 Å². The van der Waals surface area contributed by atoms with E-state index in [9.17, 15) is 4.79 Å². The minimum Gasteiger partial charge on any atom is -0.497 e. The number of amides is 1. The standard InChI is InChI=1S/C17H28N4O2.HI/c1-5-11-19-16(22)12-20-17(18-6-2)21(3)13-14-7-9-15(23-4)10-8-14;/h7-10H,5-6,11-13H2,1-4H3,(H,18,20)(H,19,22);1H. The molecular formula is C17H29IN4O2. The predicted octanol–water partition coefficient (Wildman–Crippen LogP) is 2.24. The molecule has 2 N–H and O–H groups in total. The fourth-order valence-corrected chi connectivity index (χ4v) is 2.02. The number of carbonyl (C=O) groups excluding carboxylic acids is 1. The van der Waals surface area contributed by atoms with Crippen molar-refractivity contribution >= 4 is 35.8 Å². The lowest BCUT2D eigenvalue weighted by Gasteiger charge is -2.22. The minimum absolute atomic E-state index is 0. The van der Waals surface area contributed by atoms with Gasteiger partial charge in [0.05, 0.1) is 7.11 Å². The van der Waals surface area contributed by atoms with Crippen molar-refractivity contribution < 1.29 is 9.53 Å². The lowest BCUT2D eigenvalue weighted by molar-refractivity contribution is -0.119. The first-order valence-corrected chi connectivity index (χ1v) is 7.99. The third-order valence-electron chi connectivity index (χ3n) is 3.22. The van der Waals surface area contributed by atoms with E-state index in [0.29, 0.717) is 13.1 Å². The van der Waals surface area contributed by atoms with Gasteiger partial charge in [0, 0.05) is 26.7 Å². The molecule has 136 valence electrons. The zero-order valence-electron chi connectivity index (χ0n) is 15.0. The highest BCUT2D eigenvalue weighted by Crippen LogP contribution is 2.12. The Bertz CT molecular complexity index is 506. The fraction of sp³-hybridized carbons (Fsp3) is 0.529. The zero-order valence-corrected chi connectivity index (χ0v) is 17.3. The molecule has 0 fully saturated rings. The van der Waals surface area contributed by atoms with Gasteiger partial charge < -0.3 is 20.3 Å². The number of hydrogen-bond acceptors (Lipinski definition) is 3. The molecule has 0 heterocycles. The lowest BCUT2D eigenvalue weighted by atomic mass is 10.2. The molecule has 0 aliphatic heterocycles. The third kappa shape index (κ3) is 8.37. The summed E-state index contributed by atoms with van der Waals surface area (Å²) in [4.78, 5) is 18.1. The van der Waals surface area contributed by atoms with E-state index < -0.39 is 0 Å². The van der Waals surface area contributed by atoms with Crippen molar-refractivity contribution in [3.8, 4) is 5.75 Å². The molecule has 0 saturated carbocycles. The SMILES string of the molecule is CCCNC(=O)CN=C(NCC)N(C)Cc1ccc(OC)cc1.I. The van der Waals surface area contributed by atoms with Crippen LogP contribution in [0, 0.1) is 0 Å². The van der Waals surface area contributed by atoms with E-state index in [0.717, 1.165) is 30.2 Å². The maximum atomic E-state index is 11.7. The number of rotatable bonds is 8. The van der Waals surface area contributed by atoms with Gasteiger partial charge in [-0.2, -0.15) is 0 Å². The van der Waals surface area contributed by atoms with Crippen LogP contribution < -0.4 is 15.4 Å². The van der Waals surface area contributed by atoms with Crippen molar-refractivity contribution in [2.75, 3.05) is 33.8 Å². The van der Waals surface area contributed by atoms with Gasteiger partial charge >= 0.3 is 0 Å². The Morgan fingerprint density at radius 3 is 2.42 bits per heavy atom. The fourth-order valence-electron chi connectivity index (χ4n) is 2.02. The summed E-state index contributed by atoms with van der Waals surface area (Å²) in [6.45, 7) is 6.31. The van der Waals surface area contributed by atoms with Crippen LogP contribution in [0.25, 0.3) is 0 Å². The van der Waals surface area contributed by atoms with Crippen LogP contribution in [0.5, 0.6) is 5.75 Å². The van der Waals surface area contributed by atoms with Crippen molar-refractivity contribution in [2.24, 2.45) is 4.99 Å². The molecule has 0 aromatic heterocycles. The number of aliphatic imine (C=N–C) groups is 1. The summed E-state index contributed by atoms with van der Waals surface area (Å²) < 4.78 is 5.16. The first-order valence-electron chi connectivity index (χ1n) is 7.99. The average Bonchev–Trinajstić information content (AvgIpc) is 2.57. The maximum absolute atomic E-state index is 11.7. The van der Waals surface area contributed by atoms with Crippen LogP contribution in [-0.4, -0.2) is 50.6 Å². The number of hydrogen-bond donors (Lipinski definition) is 2. The molecule has 0 bridgehead atoms. The molecule has 1 rings (SSSR count). The highest BCUT2D eigenvalue weighted by atomic mass is 127. The molecule has 0 unspecified atom stereocenters. The number of methoxy groups -OCH3 is 1. The summed E-state index contributed by atoms with van der Waals surface area (Å²) in [5.74, 6) is 1.50. The normalized spacial score (nSPS) is 10.6. The first kappa shape index (κ1) is 22.5. The summed E-state index contributed by atoms with van der Waals surface area (Å²) in [6, 6.07) is 7.91. The average molecular weight is 448 g/mol. The van der Waals surface area contributed by atoms with Crippen LogP contribution in [0.2, 0.25) is 0 Å². The monoisotopic (exact) mass is 448 g/mol. The second-order valence-electron chi connectivity index (χ2n) is 5.22. The summed E-state index contributed by atoms with van der Waals surface area (Å²) in [6.07, 6.45) is 0.924. The van der Waals surface area contributed by atoms with Crippen molar-refractivity contribution in [3.63, 3.8) is 0 Å².